The molecule has 2 saturated carbocycles. The minimum atomic E-state index is -0.900. The number of hydrogen-bond acceptors (Lipinski definition) is 20. The van der Waals surface area contributed by atoms with E-state index in [-0.39, 0.29) is 52.5 Å². The van der Waals surface area contributed by atoms with Crippen LogP contribution in [0.4, 0.5) is 28.1 Å². The molecule has 0 radical (unpaired) electrons. The average molecular weight is 1290 g/mol. The summed E-state index contributed by atoms with van der Waals surface area (Å²) in [5.74, 6) is -0.0580. The maximum absolute atomic E-state index is 12.8. The lowest BCUT2D eigenvalue weighted by Crippen LogP contribution is -2.32. The number of alkyl carbamates (subject to hydrolysis) is 1. The number of ketones is 1. The Hall–Kier alpha value is -8.77. The number of amides is 1. The van der Waals surface area contributed by atoms with E-state index in [1.807, 2.05) is 107 Å². The van der Waals surface area contributed by atoms with Gasteiger partial charge in [-0.2, -0.15) is 10.2 Å². The number of carboxylic acid groups (broad SMARTS) is 1. The highest BCUT2D eigenvalue weighted by atomic mass is 32.1. The van der Waals surface area contributed by atoms with E-state index in [4.69, 9.17) is 24.3 Å². The van der Waals surface area contributed by atoms with Gasteiger partial charge in [-0.05, 0) is 139 Å². The molecule has 6 aromatic heterocycles. The molecule has 0 unspecified atom stereocenters. The Balaban J connectivity index is 0.000000201. The van der Waals surface area contributed by atoms with Gasteiger partial charge in [0.2, 0.25) is 11.9 Å². The predicted octanol–water partition coefficient (Wildman–Crippen LogP) is 14.3. The molecule has 22 nitrogen and oxygen atoms in total. The number of benzene rings is 2. The van der Waals surface area contributed by atoms with Gasteiger partial charge in [-0.15, -0.1) is 22.7 Å². The van der Waals surface area contributed by atoms with Gasteiger partial charge in [0.25, 0.3) is 0 Å². The van der Waals surface area contributed by atoms with E-state index >= 15 is 0 Å². The molecule has 0 atom stereocenters. The number of aromatic nitrogens is 10. The van der Waals surface area contributed by atoms with E-state index in [1.54, 1.807) is 31.0 Å². The van der Waals surface area contributed by atoms with Crippen LogP contribution in [0.25, 0.3) is 22.5 Å². The Morgan fingerprint density at radius 2 is 1.03 bits per heavy atom. The van der Waals surface area contributed by atoms with Crippen LogP contribution < -0.4 is 16.0 Å². The first-order valence-corrected chi connectivity index (χ1v) is 32.6. The highest BCUT2D eigenvalue weighted by molar-refractivity contribution is 7.14. The van der Waals surface area contributed by atoms with Gasteiger partial charge in [-0.1, -0.05) is 65.8 Å². The van der Waals surface area contributed by atoms with Gasteiger partial charge in [-0.25, -0.2) is 39.5 Å². The van der Waals surface area contributed by atoms with Crippen molar-refractivity contribution < 1.29 is 43.3 Å². The molecular formula is C68H85N13O9S2. The number of nitrogens with zero attached hydrogens (tertiary/aromatic N) is 10. The number of anilines is 4. The first-order valence-electron chi connectivity index (χ1n) is 30.9. The van der Waals surface area contributed by atoms with Crippen molar-refractivity contribution in [2.45, 2.75) is 175 Å². The lowest BCUT2D eigenvalue weighted by Gasteiger charge is -2.26. The summed E-state index contributed by atoms with van der Waals surface area (Å²) in [6.45, 7) is 22.3. The third kappa shape index (κ3) is 19.4. The summed E-state index contributed by atoms with van der Waals surface area (Å²) in [5.41, 5.74) is 8.81. The average Bonchev–Trinajstić information content (AvgIpc) is 1.28. The lowest BCUT2D eigenvalue weighted by atomic mass is 9.86. The first kappa shape index (κ1) is 69.1. The van der Waals surface area contributed by atoms with Gasteiger partial charge in [0.1, 0.15) is 10.5 Å². The van der Waals surface area contributed by atoms with Crippen molar-refractivity contribution in [3.8, 4) is 22.5 Å². The Labute approximate surface area is 545 Å². The number of nitrogens with one attached hydrogen (secondary N) is 3. The van der Waals surface area contributed by atoms with Crippen molar-refractivity contribution in [1.29, 1.82) is 0 Å². The molecule has 2 aliphatic carbocycles. The number of aryl methyl sites for hydroxylation is 3. The molecule has 0 bridgehead atoms. The molecule has 92 heavy (non-hydrogen) atoms. The number of aromatic carboxylic acids is 1. The maximum Gasteiger partial charge on any atom is 0.407 e. The minimum absolute atomic E-state index is 0.0126. The van der Waals surface area contributed by atoms with Crippen LogP contribution >= 0.6 is 22.7 Å². The molecule has 6 heterocycles. The van der Waals surface area contributed by atoms with Crippen LogP contribution in [-0.4, -0.2) is 104 Å². The smallest absolute Gasteiger partial charge is 0.407 e. The van der Waals surface area contributed by atoms with Crippen molar-refractivity contribution >= 4 is 75.7 Å². The summed E-state index contributed by atoms with van der Waals surface area (Å²) in [6, 6.07) is 16.5. The summed E-state index contributed by atoms with van der Waals surface area (Å²) in [7, 11) is 2.89. The maximum atomic E-state index is 12.8. The van der Waals surface area contributed by atoms with E-state index < -0.39 is 17.7 Å². The largest absolute Gasteiger partial charge is 0.477 e. The summed E-state index contributed by atoms with van der Waals surface area (Å²) >= 11 is 2.73. The normalized spacial score (nSPS) is 16.6. The van der Waals surface area contributed by atoms with Crippen molar-refractivity contribution in [2.24, 2.45) is 11.8 Å². The van der Waals surface area contributed by atoms with Crippen LogP contribution in [0.3, 0.4) is 0 Å². The van der Waals surface area contributed by atoms with Gasteiger partial charge in [0.15, 0.2) is 5.78 Å². The SMILES string of the molecule is CC(C)(C)c1ncc(C(=O)O)s1.COC(=O)C1CCC(n2cc(Nc3nccc(-c4ccc(CCC(=O)c5cnc(C(C)(C)C)s5)c(C)c4)n3)cn2)CC1.COC(=O)C1CCC(n2cc(Nc3nccc(-c4ccc(CNC(=O)OC(C)(C)C)c(C)c4)n3)cn2)CC1. The second-order valence-corrected chi connectivity index (χ2v) is 28.2. The third-order valence-electron chi connectivity index (χ3n) is 15.7. The third-order valence-corrected chi connectivity index (χ3v) is 18.6. The van der Waals surface area contributed by atoms with Crippen molar-refractivity contribution in [2.75, 3.05) is 24.9 Å². The number of Topliss-reactive ketones (excluding diaryl/α,β-unsaturated/α-hetero) is 1. The second kappa shape index (κ2) is 30.6. The van der Waals surface area contributed by atoms with Gasteiger partial charge in [0.05, 0.1) is 94.4 Å². The quantitative estimate of drug-likeness (QED) is 0.0374. The zero-order valence-electron chi connectivity index (χ0n) is 54.8. The van der Waals surface area contributed by atoms with Crippen molar-refractivity contribution in [1.82, 2.24) is 54.8 Å². The van der Waals surface area contributed by atoms with Crippen molar-refractivity contribution in [3.05, 3.63) is 140 Å². The topological polar surface area (TPSA) is 282 Å². The van der Waals surface area contributed by atoms with Gasteiger partial charge < -0.3 is 35.3 Å². The fraction of sp³-hybridized carbons (Fsp3) is 0.456. The monoisotopic (exact) mass is 1290 g/mol. The summed E-state index contributed by atoms with van der Waals surface area (Å²) < 4.78 is 19.0. The molecule has 0 spiro atoms. The molecular weight excluding hydrogens is 1210 g/mol. The highest BCUT2D eigenvalue weighted by Crippen LogP contribution is 2.36. The number of rotatable bonds is 17. The van der Waals surface area contributed by atoms with Gasteiger partial charge in [-0.3, -0.25) is 23.7 Å². The zero-order chi connectivity index (χ0) is 66.5. The molecule has 1 amide bonds. The van der Waals surface area contributed by atoms with Gasteiger partial charge in [0, 0.05) is 65.9 Å². The minimum Gasteiger partial charge on any atom is -0.477 e. The highest BCUT2D eigenvalue weighted by Gasteiger charge is 2.30. The Morgan fingerprint density at radius 3 is 1.43 bits per heavy atom. The predicted molar refractivity (Wildman–Crippen MR) is 356 cm³/mol. The molecule has 488 valence electrons. The number of hydrogen-bond donors (Lipinski definition) is 4. The molecule has 0 aliphatic heterocycles. The Bertz CT molecular complexity index is 3840. The summed E-state index contributed by atoms with van der Waals surface area (Å²) in [6.07, 6.45) is 21.5. The molecule has 2 aliphatic rings. The molecule has 2 fully saturated rings. The Kier molecular flexibility index (Phi) is 23.0. The van der Waals surface area contributed by atoms with Crippen LogP contribution in [0, 0.1) is 25.7 Å². The van der Waals surface area contributed by atoms with E-state index in [2.05, 4.69) is 90.9 Å². The fourth-order valence-electron chi connectivity index (χ4n) is 10.6. The number of carbonyl (C=O) groups is 5. The number of esters is 2. The molecule has 2 aromatic carbocycles. The van der Waals surface area contributed by atoms with E-state index in [0.717, 1.165) is 122 Å². The lowest BCUT2D eigenvalue weighted by molar-refractivity contribution is -0.147. The van der Waals surface area contributed by atoms with E-state index in [9.17, 15) is 24.0 Å². The second-order valence-electron chi connectivity index (χ2n) is 26.2. The summed E-state index contributed by atoms with van der Waals surface area (Å²) in [4.78, 5) is 86.6. The number of thiazole rings is 2. The standard InChI is InChI=1S/C32H38N6O3S.C28H36N6O4.C8H11NO2S/c1-20-16-23(7-6-21(20)10-13-27(39)28-18-34-30(42-28)32(2,3)4)26-14-15-33-31(37-26)36-24-17-35-38(19-24)25-11-8-22(9-12-25)29(40)41-5;1-18-14-20(6-7-21(18)15-30-27(36)38-28(2,3)4)24-12-13-29-26(33-24)32-22-16-31-34(17-22)23-10-8-19(9-11-23)25(35)37-5;1-8(2,3)7-9-4-5(12-7)6(10)11/h6-7,14-19,22,25H,8-13H2,1-5H3,(H,33,36,37);6-7,12-14,16-17,19,23H,8-11,15H2,1-5H3,(H,30,36)(H,29,32,33);4H,1-3H3,(H,10,11). The van der Waals surface area contributed by atoms with Gasteiger partial charge >= 0.3 is 24.0 Å². The van der Waals surface area contributed by atoms with Crippen LogP contribution in [0.5, 0.6) is 0 Å². The van der Waals surface area contributed by atoms with Crippen LogP contribution in [0.1, 0.15) is 184 Å². The first-order chi connectivity index (χ1) is 43.6. The van der Waals surface area contributed by atoms with Crippen LogP contribution in [0.15, 0.2) is 98.1 Å². The van der Waals surface area contributed by atoms with E-state index in [0.29, 0.717) is 36.2 Å². The van der Waals surface area contributed by atoms with E-state index in [1.165, 1.54) is 43.1 Å². The molecule has 10 rings (SSSR count). The fourth-order valence-corrected chi connectivity index (χ4v) is 12.4. The molecule has 0 saturated heterocycles. The molecule has 4 N–H and O–H groups in total. The van der Waals surface area contributed by atoms with Crippen LogP contribution in [-0.2, 0) is 47.6 Å². The number of ether oxygens (including phenoxy) is 3. The number of carbonyl (C=O) groups excluding carboxylic acids is 4. The zero-order valence-corrected chi connectivity index (χ0v) is 56.5. The Morgan fingerprint density at radius 1 is 0.587 bits per heavy atom. The van der Waals surface area contributed by atoms with Crippen LogP contribution in [0.2, 0.25) is 0 Å². The number of carboxylic acids is 1. The summed E-state index contributed by atoms with van der Waals surface area (Å²) in [5, 5.41) is 28.9. The molecule has 8 aromatic rings. The van der Waals surface area contributed by atoms with Crippen molar-refractivity contribution in [3.63, 3.8) is 0 Å². The number of methoxy groups -OCH3 is 2. The molecule has 24 heteroatoms.